The number of rotatable bonds is 6. The monoisotopic (exact) mass is 292 g/mol. The van der Waals surface area contributed by atoms with Gasteiger partial charge in [0.05, 0.1) is 18.3 Å². The van der Waals surface area contributed by atoms with Gasteiger partial charge in [-0.15, -0.1) is 0 Å². The molecule has 2 aliphatic carbocycles. The van der Waals surface area contributed by atoms with Gasteiger partial charge in [0.2, 0.25) is 0 Å². The van der Waals surface area contributed by atoms with Gasteiger partial charge in [0.1, 0.15) is 5.76 Å². The molecule has 0 radical (unpaired) electrons. The Labute approximate surface area is 128 Å². The van der Waals surface area contributed by atoms with Crippen molar-refractivity contribution in [3.05, 3.63) is 23.7 Å². The number of esters is 1. The standard InChI is InChI=1S/C18H28O3/c1-3-5-14-6-8-15(9-7-14)18(19)21-17-12-10-16(11-13-17)20-4-2/h10,12,14-15H,3-9,11,13H2,1-2H3. The van der Waals surface area contributed by atoms with Gasteiger partial charge in [-0.25, -0.2) is 0 Å². The van der Waals surface area contributed by atoms with E-state index in [0.29, 0.717) is 6.61 Å². The van der Waals surface area contributed by atoms with Gasteiger partial charge in [-0.3, -0.25) is 4.79 Å². The molecule has 1 fully saturated rings. The molecule has 0 aliphatic heterocycles. The molecule has 3 nitrogen and oxygen atoms in total. The Kier molecular flexibility index (Phi) is 6.34. The molecule has 0 bridgehead atoms. The third-order valence-corrected chi connectivity index (χ3v) is 4.51. The zero-order valence-corrected chi connectivity index (χ0v) is 13.4. The third kappa shape index (κ3) is 4.90. The second-order valence-electron chi connectivity index (χ2n) is 6.13. The fourth-order valence-electron chi connectivity index (χ4n) is 3.30. The van der Waals surface area contributed by atoms with E-state index in [1.807, 2.05) is 19.1 Å². The molecule has 0 saturated heterocycles. The molecule has 0 N–H and O–H groups in total. The fraction of sp³-hybridized carbons (Fsp3) is 0.722. The zero-order chi connectivity index (χ0) is 15.1. The lowest BCUT2D eigenvalue weighted by Gasteiger charge is -2.27. The van der Waals surface area contributed by atoms with Crippen molar-refractivity contribution in [1.29, 1.82) is 0 Å². The van der Waals surface area contributed by atoms with Crippen molar-refractivity contribution in [2.75, 3.05) is 6.61 Å². The predicted molar refractivity (Wildman–Crippen MR) is 83.5 cm³/mol. The van der Waals surface area contributed by atoms with E-state index in [-0.39, 0.29) is 11.9 Å². The number of carbonyl (C=O) groups excluding carboxylic acids is 1. The molecule has 0 atom stereocenters. The smallest absolute Gasteiger partial charge is 0.314 e. The van der Waals surface area contributed by atoms with Gasteiger partial charge in [0.15, 0.2) is 0 Å². The normalized spacial score (nSPS) is 25.8. The quantitative estimate of drug-likeness (QED) is 0.664. The summed E-state index contributed by atoms with van der Waals surface area (Å²) in [5.74, 6) is 2.68. The summed E-state index contributed by atoms with van der Waals surface area (Å²) in [7, 11) is 0. The third-order valence-electron chi connectivity index (χ3n) is 4.51. The number of carbonyl (C=O) groups is 1. The first-order chi connectivity index (χ1) is 10.2. The fourth-order valence-corrected chi connectivity index (χ4v) is 3.30. The molecule has 2 aliphatic rings. The highest BCUT2D eigenvalue weighted by Gasteiger charge is 2.27. The van der Waals surface area contributed by atoms with E-state index in [9.17, 15) is 4.79 Å². The summed E-state index contributed by atoms with van der Waals surface area (Å²) in [6.07, 6.45) is 12.3. The minimum Gasteiger partial charge on any atom is -0.498 e. The molecule has 0 aromatic carbocycles. The Balaban J connectivity index is 1.78. The number of allylic oxidation sites excluding steroid dienone is 4. The summed E-state index contributed by atoms with van der Waals surface area (Å²) in [5.41, 5.74) is 0. The van der Waals surface area contributed by atoms with Gasteiger partial charge in [0, 0.05) is 12.8 Å². The summed E-state index contributed by atoms with van der Waals surface area (Å²) in [5, 5.41) is 0. The van der Waals surface area contributed by atoms with Crippen molar-refractivity contribution in [1.82, 2.24) is 0 Å². The first-order valence-corrected chi connectivity index (χ1v) is 8.47. The second kappa shape index (κ2) is 8.26. The van der Waals surface area contributed by atoms with Crippen molar-refractivity contribution in [2.45, 2.75) is 65.2 Å². The van der Waals surface area contributed by atoms with E-state index < -0.39 is 0 Å². The van der Waals surface area contributed by atoms with Crippen LogP contribution in [0.25, 0.3) is 0 Å². The van der Waals surface area contributed by atoms with Crippen LogP contribution in [0.4, 0.5) is 0 Å². The molecule has 118 valence electrons. The lowest BCUT2D eigenvalue weighted by Crippen LogP contribution is -2.24. The first-order valence-electron chi connectivity index (χ1n) is 8.47. The van der Waals surface area contributed by atoms with Crippen molar-refractivity contribution in [3.63, 3.8) is 0 Å². The van der Waals surface area contributed by atoms with Crippen molar-refractivity contribution in [2.24, 2.45) is 11.8 Å². The Morgan fingerprint density at radius 3 is 2.33 bits per heavy atom. The molecule has 3 heteroatoms. The molecule has 0 amide bonds. The van der Waals surface area contributed by atoms with Crippen LogP contribution in [0.1, 0.15) is 65.2 Å². The number of hydrogen-bond acceptors (Lipinski definition) is 3. The van der Waals surface area contributed by atoms with Crippen molar-refractivity contribution >= 4 is 5.97 Å². The lowest BCUT2D eigenvalue weighted by molar-refractivity contribution is -0.146. The molecule has 0 aromatic heterocycles. The summed E-state index contributed by atoms with van der Waals surface area (Å²) in [6, 6.07) is 0. The Bertz CT molecular complexity index is 401. The topological polar surface area (TPSA) is 35.5 Å². The van der Waals surface area contributed by atoms with Crippen LogP contribution in [0.5, 0.6) is 0 Å². The average Bonchev–Trinajstić information content (AvgIpc) is 2.50. The van der Waals surface area contributed by atoms with Crippen LogP contribution < -0.4 is 0 Å². The minimum atomic E-state index is -0.0236. The van der Waals surface area contributed by atoms with Gasteiger partial charge in [-0.1, -0.05) is 19.8 Å². The van der Waals surface area contributed by atoms with Gasteiger partial charge < -0.3 is 9.47 Å². The van der Waals surface area contributed by atoms with E-state index in [0.717, 1.165) is 43.1 Å². The van der Waals surface area contributed by atoms with Crippen LogP contribution in [-0.4, -0.2) is 12.6 Å². The van der Waals surface area contributed by atoms with E-state index in [2.05, 4.69) is 6.92 Å². The van der Waals surface area contributed by atoms with E-state index >= 15 is 0 Å². The Hall–Kier alpha value is -1.25. The average molecular weight is 292 g/mol. The van der Waals surface area contributed by atoms with Gasteiger partial charge in [-0.2, -0.15) is 0 Å². The number of hydrogen-bond donors (Lipinski definition) is 0. The number of ether oxygens (including phenoxy) is 2. The van der Waals surface area contributed by atoms with Crippen molar-refractivity contribution in [3.8, 4) is 0 Å². The van der Waals surface area contributed by atoms with Gasteiger partial charge in [0.25, 0.3) is 0 Å². The highest BCUT2D eigenvalue weighted by Crippen LogP contribution is 2.33. The molecule has 0 heterocycles. The summed E-state index contributed by atoms with van der Waals surface area (Å²) >= 11 is 0. The van der Waals surface area contributed by atoms with Crippen LogP contribution in [0.2, 0.25) is 0 Å². The first kappa shape index (κ1) is 16.1. The van der Waals surface area contributed by atoms with Crippen LogP contribution in [0.15, 0.2) is 23.7 Å². The molecular weight excluding hydrogens is 264 g/mol. The summed E-state index contributed by atoms with van der Waals surface area (Å²) < 4.78 is 11.0. The van der Waals surface area contributed by atoms with Gasteiger partial charge in [-0.05, 0) is 50.7 Å². The molecule has 0 spiro atoms. The molecule has 1 saturated carbocycles. The molecule has 0 aromatic rings. The van der Waals surface area contributed by atoms with Crippen LogP contribution in [0, 0.1) is 11.8 Å². The maximum absolute atomic E-state index is 12.2. The summed E-state index contributed by atoms with van der Waals surface area (Å²) in [4.78, 5) is 12.2. The van der Waals surface area contributed by atoms with Gasteiger partial charge >= 0.3 is 5.97 Å². The summed E-state index contributed by atoms with van der Waals surface area (Å²) in [6.45, 7) is 4.91. The Morgan fingerprint density at radius 2 is 1.76 bits per heavy atom. The van der Waals surface area contributed by atoms with Crippen molar-refractivity contribution < 1.29 is 14.3 Å². The van der Waals surface area contributed by atoms with Crippen LogP contribution >= 0.6 is 0 Å². The van der Waals surface area contributed by atoms with Crippen LogP contribution in [-0.2, 0) is 14.3 Å². The maximum Gasteiger partial charge on any atom is 0.314 e. The highest BCUT2D eigenvalue weighted by atomic mass is 16.5. The van der Waals surface area contributed by atoms with E-state index in [1.165, 1.54) is 25.7 Å². The predicted octanol–water partition coefficient (Wildman–Crippen LogP) is 4.73. The molecule has 21 heavy (non-hydrogen) atoms. The SMILES string of the molecule is CCCC1CCC(C(=O)OC2=CC=C(OCC)CC2)CC1. The Morgan fingerprint density at radius 1 is 1.10 bits per heavy atom. The maximum atomic E-state index is 12.2. The van der Waals surface area contributed by atoms with E-state index in [4.69, 9.17) is 9.47 Å². The minimum absolute atomic E-state index is 0.0236. The second-order valence-corrected chi connectivity index (χ2v) is 6.13. The molecule has 0 unspecified atom stereocenters. The zero-order valence-electron chi connectivity index (χ0n) is 13.4. The van der Waals surface area contributed by atoms with Crippen LogP contribution in [0.3, 0.4) is 0 Å². The lowest BCUT2D eigenvalue weighted by atomic mass is 9.80. The molecular formula is C18H28O3. The molecule has 2 rings (SSSR count). The largest absolute Gasteiger partial charge is 0.498 e. The highest BCUT2D eigenvalue weighted by molar-refractivity contribution is 5.73. The van der Waals surface area contributed by atoms with E-state index in [1.54, 1.807) is 0 Å².